The lowest BCUT2D eigenvalue weighted by Gasteiger charge is -2.02. The molecule has 1 radical (unpaired) electrons. The largest absolute Gasteiger partial charge is 0.427 e. The number of carbonyl (C=O) groups is 1. The van der Waals surface area contributed by atoms with E-state index in [9.17, 15) is 4.79 Å². The molecule has 1 aromatic rings. The van der Waals surface area contributed by atoms with Crippen molar-refractivity contribution < 1.29 is 9.53 Å². The molecule has 0 fully saturated rings. The van der Waals surface area contributed by atoms with E-state index in [1.807, 2.05) is 6.92 Å². The summed E-state index contributed by atoms with van der Waals surface area (Å²) in [6, 6.07) is 9.76. The van der Waals surface area contributed by atoms with Crippen LogP contribution in [0.4, 0.5) is 0 Å². The van der Waals surface area contributed by atoms with E-state index in [0.29, 0.717) is 12.2 Å². The van der Waals surface area contributed by atoms with Gasteiger partial charge in [-0.3, -0.25) is 4.79 Å². The molecule has 0 aromatic heterocycles. The highest BCUT2D eigenvalue weighted by molar-refractivity contribution is 5.72. The lowest BCUT2D eigenvalue weighted by atomic mass is 10.2. The van der Waals surface area contributed by atoms with Gasteiger partial charge >= 0.3 is 5.97 Å². The van der Waals surface area contributed by atoms with Crippen LogP contribution in [0, 0.1) is 6.07 Å². The van der Waals surface area contributed by atoms with Crippen LogP contribution in [-0.2, 0) is 4.79 Å². The van der Waals surface area contributed by atoms with E-state index in [1.165, 1.54) is 0 Å². The topological polar surface area (TPSA) is 26.3 Å². The molecule has 0 heterocycles. The molecular formula is C11H13O2. The number of hydrogen-bond donors (Lipinski definition) is 0. The highest BCUT2D eigenvalue weighted by atomic mass is 16.5. The molecule has 0 aliphatic carbocycles. The normalized spacial score (nSPS) is 9.62. The second-order valence-electron chi connectivity index (χ2n) is 2.81. The fourth-order valence-corrected chi connectivity index (χ4v) is 0.943. The molecule has 0 bridgehead atoms. The van der Waals surface area contributed by atoms with Crippen LogP contribution in [0.2, 0.25) is 0 Å². The Bertz CT molecular complexity index is 254. The lowest BCUT2D eigenvalue weighted by molar-refractivity contribution is -0.134. The van der Waals surface area contributed by atoms with Crippen molar-refractivity contribution in [3.05, 3.63) is 30.3 Å². The number of rotatable bonds is 4. The minimum Gasteiger partial charge on any atom is -0.427 e. The van der Waals surface area contributed by atoms with Crippen molar-refractivity contribution in [2.24, 2.45) is 0 Å². The van der Waals surface area contributed by atoms with Gasteiger partial charge in [0.1, 0.15) is 5.75 Å². The predicted molar refractivity (Wildman–Crippen MR) is 50.4 cm³/mol. The second-order valence-corrected chi connectivity index (χ2v) is 2.81. The molecule has 1 aromatic carbocycles. The molecule has 0 atom stereocenters. The summed E-state index contributed by atoms with van der Waals surface area (Å²) in [7, 11) is 0. The van der Waals surface area contributed by atoms with Crippen molar-refractivity contribution in [3.63, 3.8) is 0 Å². The second kappa shape index (κ2) is 5.36. The van der Waals surface area contributed by atoms with Crippen LogP contribution in [0.5, 0.6) is 5.75 Å². The third kappa shape index (κ3) is 3.74. The molecule has 0 aliphatic heterocycles. The first-order chi connectivity index (χ1) is 6.33. The Morgan fingerprint density at radius 3 is 2.77 bits per heavy atom. The van der Waals surface area contributed by atoms with Gasteiger partial charge in [-0.15, -0.1) is 0 Å². The van der Waals surface area contributed by atoms with Crippen molar-refractivity contribution in [2.75, 3.05) is 0 Å². The standard InChI is InChI=1S/C11H13O2/c1-2-3-9-11(12)13-10-7-5-4-6-8-10/h5-8H,2-3,9H2,1H3. The maximum atomic E-state index is 11.1. The van der Waals surface area contributed by atoms with Gasteiger partial charge in [0.25, 0.3) is 0 Å². The summed E-state index contributed by atoms with van der Waals surface area (Å²) in [5, 5.41) is 0. The minimum atomic E-state index is -0.159. The van der Waals surface area contributed by atoms with Crippen LogP contribution in [-0.4, -0.2) is 5.97 Å². The monoisotopic (exact) mass is 177 g/mol. The Morgan fingerprint density at radius 1 is 1.46 bits per heavy atom. The van der Waals surface area contributed by atoms with Crippen molar-refractivity contribution in [1.82, 2.24) is 0 Å². The highest BCUT2D eigenvalue weighted by Gasteiger charge is 2.02. The summed E-state index contributed by atoms with van der Waals surface area (Å²) >= 11 is 0. The minimum absolute atomic E-state index is 0.159. The van der Waals surface area contributed by atoms with Crippen LogP contribution in [0.15, 0.2) is 24.3 Å². The van der Waals surface area contributed by atoms with Crippen LogP contribution in [0.25, 0.3) is 0 Å². The van der Waals surface area contributed by atoms with Gasteiger partial charge < -0.3 is 4.74 Å². The molecule has 0 N–H and O–H groups in total. The van der Waals surface area contributed by atoms with Crippen molar-refractivity contribution in [1.29, 1.82) is 0 Å². The van der Waals surface area contributed by atoms with Crippen molar-refractivity contribution >= 4 is 5.97 Å². The van der Waals surface area contributed by atoms with E-state index in [2.05, 4.69) is 6.07 Å². The van der Waals surface area contributed by atoms with Gasteiger partial charge in [0.15, 0.2) is 0 Å². The average molecular weight is 177 g/mol. The van der Waals surface area contributed by atoms with Crippen molar-refractivity contribution in [3.8, 4) is 5.75 Å². The fourth-order valence-electron chi connectivity index (χ4n) is 0.943. The molecule has 0 aliphatic rings. The molecule has 69 valence electrons. The Balaban J connectivity index is 2.37. The zero-order valence-corrected chi connectivity index (χ0v) is 7.75. The van der Waals surface area contributed by atoms with Gasteiger partial charge in [0.2, 0.25) is 0 Å². The molecule has 0 unspecified atom stereocenters. The van der Waals surface area contributed by atoms with E-state index >= 15 is 0 Å². The maximum absolute atomic E-state index is 11.1. The zero-order valence-electron chi connectivity index (χ0n) is 7.75. The van der Waals surface area contributed by atoms with Crippen LogP contribution in [0.1, 0.15) is 26.2 Å². The zero-order chi connectivity index (χ0) is 9.52. The molecule has 0 amide bonds. The van der Waals surface area contributed by atoms with Gasteiger partial charge in [0.05, 0.1) is 0 Å². The first kappa shape index (κ1) is 9.78. The van der Waals surface area contributed by atoms with E-state index in [4.69, 9.17) is 4.74 Å². The lowest BCUT2D eigenvalue weighted by Crippen LogP contribution is -2.06. The summed E-state index contributed by atoms with van der Waals surface area (Å²) in [6.45, 7) is 2.05. The summed E-state index contributed by atoms with van der Waals surface area (Å²) in [4.78, 5) is 11.1. The van der Waals surface area contributed by atoms with E-state index in [1.54, 1.807) is 24.3 Å². The number of carbonyl (C=O) groups excluding carboxylic acids is 1. The molecular weight excluding hydrogens is 164 g/mol. The predicted octanol–water partition coefficient (Wildman–Crippen LogP) is 2.58. The van der Waals surface area contributed by atoms with Gasteiger partial charge in [0, 0.05) is 6.42 Å². The molecule has 0 saturated carbocycles. The number of benzene rings is 1. The SMILES string of the molecule is CCCCC(=O)Oc1cc[c]cc1. The fraction of sp³-hybridized carbons (Fsp3) is 0.364. The molecule has 2 heteroatoms. The van der Waals surface area contributed by atoms with E-state index in [-0.39, 0.29) is 5.97 Å². The molecule has 0 saturated heterocycles. The summed E-state index contributed by atoms with van der Waals surface area (Å²) in [5.74, 6) is 0.438. The van der Waals surface area contributed by atoms with E-state index in [0.717, 1.165) is 12.8 Å². The maximum Gasteiger partial charge on any atom is 0.311 e. The quantitative estimate of drug-likeness (QED) is 0.522. The smallest absolute Gasteiger partial charge is 0.311 e. The first-order valence-corrected chi connectivity index (χ1v) is 4.49. The van der Waals surface area contributed by atoms with Crippen molar-refractivity contribution in [2.45, 2.75) is 26.2 Å². The summed E-state index contributed by atoms with van der Waals surface area (Å²) in [5.41, 5.74) is 0. The van der Waals surface area contributed by atoms with Crippen LogP contribution >= 0.6 is 0 Å². The van der Waals surface area contributed by atoms with E-state index < -0.39 is 0 Å². The number of hydrogen-bond acceptors (Lipinski definition) is 2. The Hall–Kier alpha value is -1.31. The summed E-state index contributed by atoms with van der Waals surface area (Å²) < 4.78 is 5.06. The average Bonchev–Trinajstić information content (AvgIpc) is 2.16. The summed E-state index contributed by atoms with van der Waals surface area (Å²) in [6.07, 6.45) is 2.39. The third-order valence-corrected chi connectivity index (χ3v) is 1.65. The van der Waals surface area contributed by atoms with Gasteiger partial charge in [-0.2, -0.15) is 0 Å². The Labute approximate surface area is 78.5 Å². The number of ether oxygens (including phenoxy) is 1. The molecule has 13 heavy (non-hydrogen) atoms. The molecule has 2 nitrogen and oxygen atoms in total. The Kier molecular flexibility index (Phi) is 4.03. The third-order valence-electron chi connectivity index (χ3n) is 1.65. The number of unbranched alkanes of at least 4 members (excludes halogenated alkanes) is 1. The molecule has 0 spiro atoms. The van der Waals surface area contributed by atoms with Gasteiger partial charge in [-0.1, -0.05) is 25.5 Å². The number of esters is 1. The van der Waals surface area contributed by atoms with Crippen LogP contribution in [0.3, 0.4) is 0 Å². The molecule has 1 rings (SSSR count). The van der Waals surface area contributed by atoms with Crippen LogP contribution < -0.4 is 4.74 Å². The van der Waals surface area contributed by atoms with Gasteiger partial charge in [-0.05, 0) is 24.6 Å². The highest BCUT2D eigenvalue weighted by Crippen LogP contribution is 2.09. The first-order valence-electron chi connectivity index (χ1n) is 4.49. The Morgan fingerprint density at radius 2 is 2.15 bits per heavy atom. The van der Waals surface area contributed by atoms with Gasteiger partial charge in [-0.25, -0.2) is 0 Å².